The summed E-state index contributed by atoms with van der Waals surface area (Å²) in [5, 5.41) is 10.6. The van der Waals surface area contributed by atoms with E-state index in [1.54, 1.807) is 6.92 Å². The van der Waals surface area contributed by atoms with E-state index in [9.17, 15) is 23.3 Å². The van der Waals surface area contributed by atoms with Gasteiger partial charge in [0.25, 0.3) is 15.7 Å². The molecule has 2 aromatic carbocycles. The van der Waals surface area contributed by atoms with Gasteiger partial charge in [0.05, 0.1) is 15.5 Å². The van der Waals surface area contributed by atoms with Crippen LogP contribution in [-0.2, 0) is 10.0 Å². The number of nitro groups is 1. The summed E-state index contributed by atoms with van der Waals surface area (Å²) in [5.74, 6) is -0.668. The van der Waals surface area contributed by atoms with Gasteiger partial charge in [0.15, 0.2) is 0 Å². The second-order valence-corrected chi connectivity index (χ2v) is 6.38. The maximum absolute atomic E-state index is 12.3. The van der Waals surface area contributed by atoms with E-state index in [2.05, 4.69) is 4.72 Å². The molecule has 9 heteroatoms. The highest BCUT2D eigenvalue weighted by Gasteiger charge is 2.18. The Balaban J connectivity index is 2.37. The Morgan fingerprint density at radius 2 is 1.78 bits per heavy atom. The normalized spacial score (nSPS) is 11.0. The lowest BCUT2D eigenvalue weighted by molar-refractivity contribution is -0.384. The number of hydrogen-bond donors (Lipinski definition) is 2. The molecule has 0 unspecified atom stereocenters. The van der Waals surface area contributed by atoms with E-state index in [-0.39, 0.29) is 21.8 Å². The Labute approximate surface area is 132 Å². The third-order valence-corrected chi connectivity index (χ3v) is 4.58. The number of nitrogens with one attached hydrogen (secondary N) is 1. The minimum Gasteiger partial charge on any atom is -0.366 e. The number of primary amides is 1. The van der Waals surface area contributed by atoms with Crippen molar-refractivity contribution in [3.8, 4) is 0 Å². The van der Waals surface area contributed by atoms with E-state index < -0.39 is 20.9 Å². The lowest BCUT2D eigenvalue weighted by Gasteiger charge is -2.12. The highest BCUT2D eigenvalue weighted by atomic mass is 32.2. The zero-order valence-electron chi connectivity index (χ0n) is 12.0. The highest BCUT2D eigenvalue weighted by molar-refractivity contribution is 7.92. The Bertz CT molecular complexity index is 876. The van der Waals surface area contributed by atoms with Gasteiger partial charge in [-0.05, 0) is 36.8 Å². The van der Waals surface area contributed by atoms with Gasteiger partial charge in [0.2, 0.25) is 5.91 Å². The summed E-state index contributed by atoms with van der Waals surface area (Å²) >= 11 is 0. The van der Waals surface area contributed by atoms with Crippen LogP contribution in [0.5, 0.6) is 0 Å². The van der Waals surface area contributed by atoms with E-state index in [0.717, 1.165) is 24.3 Å². The van der Waals surface area contributed by atoms with Crippen molar-refractivity contribution in [2.75, 3.05) is 4.72 Å². The molecule has 2 aromatic rings. The predicted molar refractivity (Wildman–Crippen MR) is 83.6 cm³/mol. The van der Waals surface area contributed by atoms with Crippen LogP contribution < -0.4 is 10.5 Å². The fourth-order valence-corrected chi connectivity index (χ4v) is 3.09. The molecule has 0 radical (unpaired) electrons. The van der Waals surface area contributed by atoms with Gasteiger partial charge in [-0.15, -0.1) is 0 Å². The van der Waals surface area contributed by atoms with Crippen molar-refractivity contribution in [1.82, 2.24) is 0 Å². The van der Waals surface area contributed by atoms with Crippen molar-refractivity contribution >= 4 is 27.3 Å². The first-order valence-electron chi connectivity index (χ1n) is 6.39. The van der Waals surface area contributed by atoms with Crippen molar-refractivity contribution in [1.29, 1.82) is 0 Å². The van der Waals surface area contributed by atoms with Gasteiger partial charge < -0.3 is 5.73 Å². The first-order chi connectivity index (χ1) is 10.7. The van der Waals surface area contributed by atoms with Crippen molar-refractivity contribution < 1.29 is 18.1 Å². The van der Waals surface area contributed by atoms with Crippen LogP contribution in [0.25, 0.3) is 0 Å². The monoisotopic (exact) mass is 335 g/mol. The zero-order valence-corrected chi connectivity index (χ0v) is 12.8. The molecule has 0 aromatic heterocycles. The molecule has 0 heterocycles. The van der Waals surface area contributed by atoms with Gasteiger partial charge in [-0.2, -0.15) is 0 Å². The van der Waals surface area contributed by atoms with Crippen LogP contribution in [0.3, 0.4) is 0 Å². The third kappa shape index (κ3) is 3.46. The average molecular weight is 335 g/mol. The molecule has 0 aliphatic heterocycles. The fraction of sp³-hybridized carbons (Fsp3) is 0.0714. The average Bonchev–Trinajstić information content (AvgIpc) is 2.49. The third-order valence-electron chi connectivity index (χ3n) is 3.20. The molecule has 0 spiro atoms. The van der Waals surface area contributed by atoms with Gasteiger partial charge in [-0.3, -0.25) is 19.6 Å². The van der Waals surface area contributed by atoms with E-state index in [0.29, 0.717) is 5.56 Å². The van der Waals surface area contributed by atoms with Crippen molar-refractivity contribution in [3.05, 3.63) is 63.7 Å². The maximum atomic E-state index is 12.3. The number of carbonyl (C=O) groups excluding carboxylic acids is 1. The fourth-order valence-electron chi connectivity index (χ4n) is 1.96. The number of nitrogens with zero attached hydrogens (tertiary/aromatic N) is 1. The van der Waals surface area contributed by atoms with Crippen LogP contribution in [0.1, 0.15) is 15.9 Å². The van der Waals surface area contributed by atoms with Crippen molar-refractivity contribution in [3.63, 3.8) is 0 Å². The smallest absolute Gasteiger partial charge is 0.269 e. The number of non-ortho nitro benzene ring substituents is 1. The van der Waals surface area contributed by atoms with Gasteiger partial charge in [-0.1, -0.05) is 6.07 Å². The van der Waals surface area contributed by atoms with Crippen LogP contribution in [-0.4, -0.2) is 19.2 Å². The standard InChI is InChI=1S/C14H13N3O5S/c1-9-12(14(15)18)3-2-4-13(9)16-23(21,22)11-7-5-10(6-8-11)17(19)20/h2-8,16H,1H3,(H2,15,18). The lowest BCUT2D eigenvalue weighted by Crippen LogP contribution is -2.17. The summed E-state index contributed by atoms with van der Waals surface area (Å²) in [6, 6.07) is 8.94. The summed E-state index contributed by atoms with van der Waals surface area (Å²) in [5.41, 5.74) is 5.82. The zero-order chi connectivity index (χ0) is 17.2. The van der Waals surface area contributed by atoms with Crippen molar-refractivity contribution in [2.24, 2.45) is 5.73 Å². The molecule has 120 valence electrons. The Kier molecular flexibility index (Phi) is 4.32. The minimum atomic E-state index is -3.95. The molecule has 0 fully saturated rings. The van der Waals surface area contributed by atoms with Gasteiger partial charge in [-0.25, -0.2) is 8.42 Å². The first kappa shape index (κ1) is 16.4. The predicted octanol–water partition coefficient (Wildman–Crippen LogP) is 1.80. The summed E-state index contributed by atoms with van der Waals surface area (Å²) in [7, 11) is -3.95. The van der Waals surface area contributed by atoms with E-state index in [4.69, 9.17) is 5.73 Å². The molecule has 1 amide bonds. The molecule has 23 heavy (non-hydrogen) atoms. The van der Waals surface area contributed by atoms with Crippen LogP contribution in [0.15, 0.2) is 47.4 Å². The van der Waals surface area contributed by atoms with Gasteiger partial charge in [0.1, 0.15) is 0 Å². The molecule has 0 aliphatic rings. The number of hydrogen-bond acceptors (Lipinski definition) is 5. The number of sulfonamides is 1. The van der Waals surface area contributed by atoms with E-state index in [1.165, 1.54) is 18.2 Å². The highest BCUT2D eigenvalue weighted by Crippen LogP contribution is 2.23. The van der Waals surface area contributed by atoms with Crippen LogP contribution in [0, 0.1) is 17.0 Å². The molecule has 0 saturated carbocycles. The summed E-state index contributed by atoms with van der Waals surface area (Å²) < 4.78 is 27.0. The number of rotatable bonds is 5. The first-order valence-corrected chi connectivity index (χ1v) is 7.87. The van der Waals surface area contributed by atoms with Crippen LogP contribution in [0.4, 0.5) is 11.4 Å². The van der Waals surface area contributed by atoms with Gasteiger partial charge in [0, 0.05) is 17.7 Å². The second-order valence-electron chi connectivity index (χ2n) is 4.70. The number of anilines is 1. The number of amides is 1. The molecule has 0 atom stereocenters. The number of benzene rings is 2. The summed E-state index contributed by atoms with van der Waals surface area (Å²) in [4.78, 5) is 21.1. The van der Waals surface area contributed by atoms with E-state index in [1.807, 2.05) is 0 Å². The number of nitro benzene ring substituents is 1. The quantitative estimate of drug-likeness (QED) is 0.635. The Hall–Kier alpha value is -2.94. The lowest BCUT2D eigenvalue weighted by atomic mass is 10.1. The molecule has 3 N–H and O–H groups in total. The van der Waals surface area contributed by atoms with E-state index >= 15 is 0 Å². The maximum Gasteiger partial charge on any atom is 0.269 e. The molecule has 0 saturated heterocycles. The van der Waals surface area contributed by atoms with Crippen molar-refractivity contribution in [2.45, 2.75) is 11.8 Å². The summed E-state index contributed by atoms with van der Waals surface area (Å²) in [6.45, 7) is 1.56. The Morgan fingerprint density at radius 1 is 1.17 bits per heavy atom. The topological polar surface area (TPSA) is 132 Å². The minimum absolute atomic E-state index is 0.132. The van der Waals surface area contributed by atoms with Gasteiger partial charge >= 0.3 is 0 Å². The summed E-state index contributed by atoms with van der Waals surface area (Å²) in [6.07, 6.45) is 0. The molecule has 0 aliphatic carbocycles. The molecule has 8 nitrogen and oxygen atoms in total. The molecular formula is C14H13N3O5S. The van der Waals surface area contributed by atoms with Crippen LogP contribution >= 0.6 is 0 Å². The number of carbonyl (C=O) groups is 1. The number of nitrogens with two attached hydrogens (primary N) is 1. The molecule has 0 bridgehead atoms. The second kappa shape index (κ2) is 6.05. The Morgan fingerprint density at radius 3 is 2.30 bits per heavy atom. The molecule has 2 rings (SSSR count). The SMILES string of the molecule is Cc1c(NS(=O)(=O)c2ccc([N+](=O)[O-])cc2)cccc1C(N)=O. The largest absolute Gasteiger partial charge is 0.366 e. The molecular weight excluding hydrogens is 322 g/mol. The van der Waals surface area contributed by atoms with Crippen LogP contribution in [0.2, 0.25) is 0 Å².